The van der Waals surface area contributed by atoms with E-state index in [9.17, 15) is 5.11 Å². The molecule has 1 aromatic rings. The summed E-state index contributed by atoms with van der Waals surface area (Å²) in [5.74, 6) is 3.03. The summed E-state index contributed by atoms with van der Waals surface area (Å²) >= 11 is 1.07. The Morgan fingerprint density at radius 1 is 1.75 bits per heavy atom. The highest BCUT2D eigenvalue weighted by atomic mass is 32.1. The smallest absolute Gasteiger partial charge is 0.245 e. The SMILES string of the molecule is C#CC(CC)NCC(O)COc1cnsn1. The zero-order valence-electron chi connectivity index (χ0n) is 9.09. The number of ether oxygens (including phenoxy) is 1. The number of hydrogen-bond acceptors (Lipinski definition) is 6. The molecular formula is C10H15N3O2S. The molecule has 0 radical (unpaired) electrons. The van der Waals surface area contributed by atoms with Gasteiger partial charge in [0.2, 0.25) is 5.88 Å². The lowest BCUT2D eigenvalue weighted by molar-refractivity contribution is 0.103. The Hall–Kier alpha value is -1.16. The number of terminal acetylenes is 1. The van der Waals surface area contributed by atoms with Crippen LogP contribution in [-0.2, 0) is 0 Å². The Labute approximate surface area is 99.2 Å². The number of aliphatic hydroxyl groups excluding tert-OH is 1. The number of nitrogens with one attached hydrogen (secondary N) is 1. The first kappa shape index (κ1) is 12.9. The van der Waals surface area contributed by atoms with E-state index in [0.29, 0.717) is 12.4 Å². The lowest BCUT2D eigenvalue weighted by atomic mass is 10.2. The average Bonchev–Trinajstić information content (AvgIpc) is 2.80. The van der Waals surface area contributed by atoms with Crippen LogP contribution in [0.25, 0.3) is 0 Å². The molecule has 0 fully saturated rings. The quantitative estimate of drug-likeness (QED) is 0.671. The number of rotatable bonds is 7. The predicted octanol–water partition coefficient (Wildman–Crippen LogP) is 0.279. The van der Waals surface area contributed by atoms with Gasteiger partial charge in [-0.25, -0.2) is 0 Å². The number of aliphatic hydroxyl groups is 1. The third-order valence-corrected chi connectivity index (χ3v) is 2.44. The Bertz CT molecular complexity index is 323. The monoisotopic (exact) mass is 241 g/mol. The zero-order valence-corrected chi connectivity index (χ0v) is 9.91. The van der Waals surface area contributed by atoms with Crippen LogP contribution in [0.2, 0.25) is 0 Å². The first-order valence-corrected chi connectivity index (χ1v) is 5.77. The van der Waals surface area contributed by atoms with Crippen molar-refractivity contribution in [2.24, 2.45) is 0 Å². The molecular weight excluding hydrogens is 226 g/mol. The summed E-state index contributed by atoms with van der Waals surface area (Å²) in [6, 6.07) is -0.00408. The molecule has 2 N–H and O–H groups in total. The van der Waals surface area contributed by atoms with E-state index in [2.05, 4.69) is 20.0 Å². The second-order valence-electron chi connectivity index (χ2n) is 3.25. The molecule has 2 unspecified atom stereocenters. The summed E-state index contributed by atoms with van der Waals surface area (Å²) in [5.41, 5.74) is 0. The summed E-state index contributed by atoms with van der Waals surface area (Å²) in [6.07, 6.45) is 7.02. The van der Waals surface area contributed by atoms with Crippen LogP contribution in [0.4, 0.5) is 0 Å². The second-order valence-corrected chi connectivity index (χ2v) is 3.80. The summed E-state index contributed by atoms with van der Waals surface area (Å²) in [6.45, 7) is 2.57. The van der Waals surface area contributed by atoms with Crippen molar-refractivity contribution in [2.45, 2.75) is 25.5 Å². The largest absolute Gasteiger partial charge is 0.473 e. The first-order valence-electron chi connectivity index (χ1n) is 5.04. The van der Waals surface area contributed by atoms with Gasteiger partial charge in [0, 0.05) is 6.54 Å². The third kappa shape index (κ3) is 4.57. The molecule has 0 aliphatic heterocycles. The molecule has 2 atom stereocenters. The van der Waals surface area contributed by atoms with Crippen LogP contribution in [-0.4, -0.2) is 39.2 Å². The summed E-state index contributed by atoms with van der Waals surface area (Å²) in [5, 5.41) is 12.6. The van der Waals surface area contributed by atoms with Crippen molar-refractivity contribution in [3.8, 4) is 18.2 Å². The lowest BCUT2D eigenvalue weighted by Gasteiger charge is -2.14. The fourth-order valence-corrected chi connectivity index (χ4v) is 1.42. The van der Waals surface area contributed by atoms with Crippen molar-refractivity contribution in [1.82, 2.24) is 14.1 Å². The van der Waals surface area contributed by atoms with Crippen LogP contribution >= 0.6 is 11.7 Å². The molecule has 1 heterocycles. The fourth-order valence-electron chi connectivity index (χ4n) is 1.06. The van der Waals surface area contributed by atoms with Crippen molar-refractivity contribution in [3.05, 3.63) is 6.20 Å². The number of aromatic nitrogens is 2. The van der Waals surface area contributed by atoms with E-state index in [1.807, 2.05) is 6.92 Å². The first-order chi connectivity index (χ1) is 7.76. The summed E-state index contributed by atoms with van der Waals surface area (Å²) in [4.78, 5) is 0. The van der Waals surface area contributed by atoms with Crippen molar-refractivity contribution < 1.29 is 9.84 Å². The molecule has 0 saturated carbocycles. The topological polar surface area (TPSA) is 67.3 Å². The van der Waals surface area contributed by atoms with Crippen LogP contribution < -0.4 is 10.1 Å². The molecule has 0 saturated heterocycles. The van der Waals surface area contributed by atoms with Gasteiger partial charge < -0.3 is 15.2 Å². The van der Waals surface area contributed by atoms with Crippen LogP contribution in [0.15, 0.2) is 6.20 Å². The zero-order chi connectivity index (χ0) is 11.8. The van der Waals surface area contributed by atoms with Gasteiger partial charge in [-0.2, -0.15) is 4.37 Å². The van der Waals surface area contributed by atoms with Gasteiger partial charge in [0.05, 0.1) is 17.8 Å². The van der Waals surface area contributed by atoms with E-state index in [4.69, 9.17) is 11.2 Å². The van der Waals surface area contributed by atoms with Gasteiger partial charge in [-0.15, -0.1) is 10.8 Å². The van der Waals surface area contributed by atoms with E-state index in [1.165, 1.54) is 6.20 Å². The highest BCUT2D eigenvalue weighted by Gasteiger charge is 2.08. The molecule has 88 valence electrons. The van der Waals surface area contributed by atoms with Gasteiger partial charge in [-0.3, -0.25) is 0 Å². The molecule has 0 bridgehead atoms. The summed E-state index contributed by atoms with van der Waals surface area (Å²) in [7, 11) is 0. The molecule has 6 heteroatoms. The minimum atomic E-state index is -0.607. The maximum Gasteiger partial charge on any atom is 0.245 e. The molecule has 1 rings (SSSR count). The van der Waals surface area contributed by atoms with E-state index in [-0.39, 0.29) is 12.6 Å². The third-order valence-electron chi connectivity index (χ3n) is 1.97. The Kier molecular flexibility index (Phi) is 5.78. The van der Waals surface area contributed by atoms with Crippen LogP contribution in [0, 0.1) is 12.3 Å². The normalized spacial score (nSPS) is 14.1. The molecule has 0 spiro atoms. The molecule has 16 heavy (non-hydrogen) atoms. The van der Waals surface area contributed by atoms with Crippen molar-refractivity contribution in [3.63, 3.8) is 0 Å². The van der Waals surface area contributed by atoms with Crippen molar-refractivity contribution in [1.29, 1.82) is 0 Å². The maximum atomic E-state index is 9.59. The average molecular weight is 241 g/mol. The second kappa shape index (κ2) is 7.17. The Balaban J connectivity index is 2.16. The molecule has 0 aromatic carbocycles. The lowest BCUT2D eigenvalue weighted by Crippen LogP contribution is -2.37. The molecule has 0 amide bonds. The predicted molar refractivity (Wildman–Crippen MR) is 62.3 cm³/mol. The maximum absolute atomic E-state index is 9.59. The minimum Gasteiger partial charge on any atom is -0.473 e. The van der Waals surface area contributed by atoms with Gasteiger partial charge in [-0.1, -0.05) is 12.8 Å². The van der Waals surface area contributed by atoms with E-state index in [1.54, 1.807) is 0 Å². The highest BCUT2D eigenvalue weighted by Crippen LogP contribution is 2.05. The van der Waals surface area contributed by atoms with Crippen LogP contribution in [0.5, 0.6) is 5.88 Å². The van der Waals surface area contributed by atoms with E-state index >= 15 is 0 Å². The van der Waals surface area contributed by atoms with Crippen LogP contribution in [0.1, 0.15) is 13.3 Å². The van der Waals surface area contributed by atoms with Gasteiger partial charge in [0.15, 0.2) is 0 Å². The summed E-state index contributed by atoms with van der Waals surface area (Å²) < 4.78 is 12.8. The van der Waals surface area contributed by atoms with Gasteiger partial charge in [-0.05, 0) is 6.42 Å². The standard InChI is InChI=1S/C10H15N3O2S/c1-3-8(4-2)11-5-9(14)7-15-10-6-12-16-13-10/h1,6,8-9,11,14H,4-5,7H2,2H3. The highest BCUT2D eigenvalue weighted by molar-refractivity contribution is 6.99. The molecule has 0 aliphatic carbocycles. The van der Waals surface area contributed by atoms with Gasteiger partial charge >= 0.3 is 0 Å². The number of hydrogen-bond donors (Lipinski definition) is 2. The van der Waals surface area contributed by atoms with E-state index < -0.39 is 6.10 Å². The minimum absolute atomic E-state index is 0.00408. The van der Waals surface area contributed by atoms with Gasteiger partial charge in [0.25, 0.3) is 0 Å². The number of nitrogens with zero attached hydrogens (tertiary/aromatic N) is 2. The molecule has 5 nitrogen and oxygen atoms in total. The van der Waals surface area contributed by atoms with Crippen molar-refractivity contribution >= 4 is 11.7 Å². The Morgan fingerprint density at radius 2 is 2.56 bits per heavy atom. The van der Waals surface area contributed by atoms with Gasteiger partial charge in [0.1, 0.15) is 18.9 Å². The molecule has 0 aliphatic rings. The van der Waals surface area contributed by atoms with Crippen LogP contribution in [0.3, 0.4) is 0 Å². The van der Waals surface area contributed by atoms with Crippen molar-refractivity contribution in [2.75, 3.05) is 13.2 Å². The van der Waals surface area contributed by atoms with E-state index in [0.717, 1.165) is 18.1 Å². The Morgan fingerprint density at radius 3 is 3.12 bits per heavy atom. The fraction of sp³-hybridized carbons (Fsp3) is 0.600. The molecule has 1 aromatic heterocycles.